The van der Waals surface area contributed by atoms with E-state index in [0.717, 1.165) is 42.6 Å². The Hall–Kier alpha value is -2.20. The molecule has 0 saturated carbocycles. The van der Waals surface area contributed by atoms with Gasteiger partial charge in [0, 0.05) is 29.6 Å². The number of pyridine rings is 1. The monoisotopic (exact) mass is 295 g/mol. The summed E-state index contributed by atoms with van der Waals surface area (Å²) in [4.78, 5) is 16.6. The zero-order valence-electron chi connectivity index (χ0n) is 12.8. The van der Waals surface area contributed by atoms with E-state index < -0.39 is 0 Å². The van der Waals surface area contributed by atoms with Crippen molar-refractivity contribution in [2.75, 3.05) is 13.1 Å². The molecule has 2 N–H and O–H groups in total. The molecular weight excluding hydrogens is 274 g/mol. The van der Waals surface area contributed by atoms with E-state index in [-0.39, 0.29) is 11.9 Å². The minimum atomic E-state index is 0.0111. The standard InChI is InChI=1S/C18H21N3O/c1-13-4-5-14(11-17(13)15-3-2-8-20-12-15)18(22)21-16-6-9-19-10-7-16/h2-5,8,11-12,16,19H,6-7,9-10H2,1H3,(H,21,22). The highest BCUT2D eigenvalue weighted by Gasteiger charge is 2.17. The third-order valence-corrected chi connectivity index (χ3v) is 4.15. The van der Waals surface area contributed by atoms with Gasteiger partial charge in [-0.25, -0.2) is 0 Å². The van der Waals surface area contributed by atoms with Crippen LogP contribution in [0, 0.1) is 6.92 Å². The van der Waals surface area contributed by atoms with Gasteiger partial charge in [0.15, 0.2) is 0 Å². The van der Waals surface area contributed by atoms with Crippen LogP contribution in [0.3, 0.4) is 0 Å². The molecule has 1 saturated heterocycles. The lowest BCUT2D eigenvalue weighted by atomic mass is 9.98. The van der Waals surface area contributed by atoms with Crippen molar-refractivity contribution in [3.8, 4) is 11.1 Å². The van der Waals surface area contributed by atoms with Crippen LogP contribution in [0.15, 0.2) is 42.7 Å². The molecule has 4 nitrogen and oxygen atoms in total. The molecule has 1 aromatic heterocycles. The average molecular weight is 295 g/mol. The van der Waals surface area contributed by atoms with E-state index >= 15 is 0 Å². The van der Waals surface area contributed by atoms with Gasteiger partial charge in [-0.05, 0) is 62.2 Å². The van der Waals surface area contributed by atoms with Crippen LogP contribution in [0.5, 0.6) is 0 Å². The van der Waals surface area contributed by atoms with Gasteiger partial charge in [-0.2, -0.15) is 0 Å². The van der Waals surface area contributed by atoms with Crippen molar-refractivity contribution in [2.24, 2.45) is 0 Å². The smallest absolute Gasteiger partial charge is 0.251 e. The van der Waals surface area contributed by atoms with Crippen LogP contribution in [0.2, 0.25) is 0 Å². The summed E-state index contributed by atoms with van der Waals surface area (Å²) in [5.74, 6) is 0.0111. The molecule has 1 aliphatic rings. The van der Waals surface area contributed by atoms with Crippen LogP contribution in [0.1, 0.15) is 28.8 Å². The Balaban J connectivity index is 1.81. The number of benzene rings is 1. The first-order chi connectivity index (χ1) is 10.7. The van der Waals surface area contributed by atoms with Gasteiger partial charge in [-0.3, -0.25) is 9.78 Å². The normalized spacial score (nSPS) is 15.5. The number of carbonyl (C=O) groups excluding carboxylic acids is 1. The minimum absolute atomic E-state index is 0.0111. The van der Waals surface area contributed by atoms with Gasteiger partial charge < -0.3 is 10.6 Å². The second-order valence-corrected chi connectivity index (χ2v) is 5.77. The van der Waals surface area contributed by atoms with E-state index in [1.54, 1.807) is 6.20 Å². The number of piperidine rings is 1. The zero-order chi connectivity index (χ0) is 15.4. The van der Waals surface area contributed by atoms with Crippen LogP contribution < -0.4 is 10.6 Å². The van der Waals surface area contributed by atoms with Crippen molar-refractivity contribution in [3.05, 3.63) is 53.9 Å². The van der Waals surface area contributed by atoms with Gasteiger partial charge in [0.2, 0.25) is 0 Å². The molecule has 1 aliphatic heterocycles. The SMILES string of the molecule is Cc1ccc(C(=O)NC2CCNCC2)cc1-c1cccnc1. The van der Waals surface area contributed by atoms with Gasteiger partial charge in [0.25, 0.3) is 5.91 Å². The fourth-order valence-electron chi connectivity index (χ4n) is 2.83. The van der Waals surface area contributed by atoms with E-state index in [4.69, 9.17) is 0 Å². The number of aryl methyl sites for hydroxylation is 1. The molecular formula is C18H21N3O. The van der Waals surface area contributed by atoms with Gasteiger partial charge in [0.1, 0.15) is 0 Å². The van der Waals surface area contributed by atoms with E-state index in [1.165, 1.54) is 0 Å². The summed E-state index contributed by atoms with van der Waals surface area (Å²) >= 11 is 0. The van der Waals surface area contributed by atoms with Crippen molar-refractivity contribution < 1.29 is 4.79 Å². The topological polar surface area (TPSA) is 54.0 Å². The van der Waals surface area contributed by atoms with Crippen molar-refractivity contribution in [1.29, 1.82) is 0 Å². The molecule has 4 heteroatoms. The molecule has 0 aliphatic carbocycles. The maximum atomic E-state index is 12.5. The fourth-order valence-corrected chi connectivity index (χ4v) is 2.83. The first kappa shape index (κ1) is 14.7. The third-order valence-electron chi connectivity index (χ3n) is 4.15. The number of nitrogens with one attached hydrogen (secondary N) is 2. The number of amides is 1. The summed E-state index contributed by atoms with van der Waals surface area (Å²) in [7, 11) is 0. The van der Waals surface area contributed by atoms with Crippen molar-refractivity contribution in [2.45, 2.75) is 25.8 Å². The van der Waals surface area contributed by atoms with Crippen LogP contribution in [-0.4, -0.2) is 30.0 Å². The van der Waals surface area contributed by atoms with E-state index in [2.05, 4.69) is 22.5 Å². The second-order valence-electron chi connectivity index (χ2n) is 5.77. The molecule has 3 rings (SSSR count). The van der Waals surface area contributed by atoms with E-state index in [9.17, 15) is 4.79 Å². The van der Waals surface area contributed by atoms with Crippen LogP contribution >= 0.6 is 0 Å². The van der Waals surface area contributed by atoms with Crippen molar-refractivity contribution in [1.82, 2.24) is 15.6 Å². The highest BCUT2D eigenvalue weighted by atomic mass is 16.1. The fraction of sp³-hybridized carbons (Fsp3) is 0.333. The average Bonchev–Trinajstić information content (AvgIpc) is 2.57. The number of hydrogen-bond acceptors (Lipinski definition) is 3. The summed E-state index contributed by atoms with van der Waals surface area (Å²) in [6, 6.07) is 10.1. The van der Waals surface area contributed by atoms with E-state index in [1.807, 2.05) is 36.5 Å². The molecule has 1 fully saturated rings. The Morgan fingerprint density at radius 2 is 2.09 bits per heavy atom. The first-order valence-electron chi connectivity index (χ1n) is 7.76. The number of hydrogen-bond donors (Lipinski definition) is 2. The Morgan fingerprint density at radius 1 is 1.27 bits per heavy atom. The summed E-state index contributed by atoms with van der Waals surface area (Å²) in [6.07, 6.45) is 5.57. The maximum Gasteiger partial charge on any atom is 0.251 e. The van der Waals surface area contributed by atoms with E-state index in [0.29, 0.717) is 5.56 Å². The molecule has 0 radical (unpaired) electrons. The number of nitrogens with zero attached hydrogens (tertiary/aromatic N) is 1. The molecule has 0 unspecified atom stereocenters. The third kappa shape index (κ3) is 3.34. The number of rotatable bonds is 3. The summed E-state index contributed by atoms with van der Waals surface area (Å²) in [5.41, 5.74) is 3.96. The molecule has 1 aromatic carbocycles. The van der Waals surface area contributed by atoms with Gasteiger partial charge >= 0.3 is 0 Å². The summed E-state index contributed by atoms with van der Waals surface area (Å²) in [6.45, 7) is 4.00. The highest BCUT2D eigenvalue weighted by molar-refractivity contribution is 5.96. The van der Waals surface area contributed by atoms with Gasteiger partial charge in [-0.1, -0.05) is 12.1 Å². The minimum Gasteiger partial charge on any atom is -0.349 e. The Bertz CT molecular complexity index is 649. The first-order valence-corrected chi connectivity index (χ1v) is 7.76. The van der Waals surface area contributed by atoms with Gasteiger partial charge in [0.05, 0.1) is 0 Å². The van der Waals surface area contributed by atoms with Crippen LogP contribution in [0.25, 0.3) is 11.1 Å². The Morgan fingerprint density at radius 3 is 2.82 bits per heavy atom. The lowest BCUT2D eigenvalue weighted by Crippen LogP contribution is -2.42. The largest absolute Gasteiger partial charge is 0.349 e. The highest BCUT2D eigenvalue weighted by Crippen LogP contribution is 2.23. The molecule has 0 atom stereocenters. The van der Waals surface area contributed by atoms with Gasteiger partial charge in [-0.15, -0.1) is 0 Å². The predicted molar refractivity (Wildman–Crippen MR) is 87.8 cm³/mol. The summed E-state index contributed by atoms with van der Waals surface area (Å²) < 4.78 is 0. The molecule has 2 heterocycles. The number of carbonyl (C=O) groups is 1. The Labute approximate surface area is 131 Å². The maximum absolute atomic E-state index is 12.5. The quantitative estimate of drug-likeness (QED) is 0.915. The van der Waals surface area contributed by atoms with Crippen LogP contribution in [-0.2, 0) is 0 Å². The van der Waals surface area contributed by atoms with Crippen molar-refractivity contribution >= 4 is 5.91 Å². The van der Waals surface area contributed by atoms with Crippen molar-refractivity contribution in [3.63, 3.8) is 0 Å². The molecule has 2 aromatic rings. The predicted octanol–water partition coefficient (Wildman–Crippen LogP) is 2.54. The number of aromatic nitrogens is 1. The molecule has 1 amide bonds. The lowest BCUT2D eigenvalue weighted by Gasteiger charge is -2.23. The summed E-state index contributed by atoms with van der Waals surface area (Å²) in [5, 5.41) is 6.45. The zero-order valence-corrected chi connectivity index (χ0v) is 12.8. The molecule has 114 valence electrons. The Kier molecular flexibility index (Phi) is 4.49. The molecule has 22 heavy (non-hydrogen) atoms. The molecule has 0 spiro atoms. The van der Waals surface area contributed by atoms with Crippen LogP contribution in [0.4, 0.5) is 0 Å². The second kappa shape index (κ2) is 6.71. The lowest BCUT2D eigenvalue weighted by molar-refractivity contribution is 0.0929. The molecule has 0 bridgehead atoms.